The maximum atomic E-state index is 12.1. The molecule has 1 N–H and O–H groups in total. The molecule has 1 aromatic heterocycles. The fourth-order valence-electron chi connectivity index (χ4n) is 2.80. The van der Waals surface area contributed by atoms with Gasteiger partial charge in [-0.1, -0.05) is 0 Å². The Kier molecular flexibility index (Phi) is 4.76. The molecule has 26 heavy (non-hydrogen) atoms. The number of carbonyl (C=O) groups excluding carboxylic acids is 2. The van der Waals surface area contributed by atoms with Gasteiger partial charge in [0, 0.05) is 11.9 Å². The summed E-state index contributed by atoms with van der Waals surface area (Å²) in [5.41, 5.74) is 1.26. The molecular formula is C19H20N4O3. The molecule has 0 saturated heterocycles. The average Bonchev–Trinajstić information content (AvgIpc) is 3.42. The first-order valence-corrected chi connectivity index (χ1v) is 8.43. The molecule has 1 aromatic carbocycles. The third-order valence-corrected chi connectivity index (χ3v) is 4.54. The summed E-state index contributed by atoms with van der Waals surface area (Å²) in [6.07, 6.45) is 3.55. The van der Waals surface area contributed by atoms with Crippen molar-refractivity contribution in [3.63, 3.8) is 0 Å². The largest absolute Gasteiger partial charge is 0.452 e. The number of benzene rings is 1. The summed E-state index contributed by atoms with van der Waals surface area (Å²) in [6.45, 7) is 3.22. The van der Waals surface area contributed by atoms with Gasteiger partial charge in [-0.25, -0.2) is 9.48 Å². The minimum Gasteiger partial charge on any atom is -0.452 e. The summed E-state index contributed by atoms with van der Waals surface area (Å²) in [5.74, 6) is -0.891. The highest BCUT2D eigenvalue weighted by molar-refractivity contribution is 5.91. The lowest BCUT2D eigenvalue weighted by Gasteiger charge is -2.22. The molecule has 1 atom stereocenters. The summed E-state index contributed by atoms with van der Waals surface area (Å²) in [5, 5.41) is 16.1. The van der Waals surface area contributed by atoms with Crippen LogP contribution in [0.25, 0.3) is 5.69 Å². The summed E-state index contributed by atoms with van der Waals surface area (Å²) >= 11 is 0. The summed E-state index contributed by atoms with van der Waals surface area (Å²) < 4.78 is 6.81. The molecule has 1 heterocycles. The van der Waals surface area contributed by atoms with E-state index in [1.165, 1.54) is 0 Å². The number of nitrogens with zero attached hydrogens (tertiary/aromatic N) is 3. The zero-order valence-electron chi connectivity index (χ0n) is 14.7. The molecule has 7 heteroatoms. The molecule has 0 unspecified atom stereocenters. The van der Waals surface area contributed by atoms with Crippen LogP contribution in [0.5, 0.6) is 0 Å². The quantitative estimate of drug-likeness (QED) is 0.804. The highest BCUT2D eigenvalue weighted by Crippen LogP contribution is 2.39. The SMILES string of the molecule is Cc1ccnn1-c1ccc(C(=O)OCC(=O)N[C@](C)(C#N)C2CC2)cc1. The van der Waals surface area contributed by atoms with Gasteiger partial charge >= 0.3 is 5.97 Å². The van der Waals surface area contributed by atoms with E-state index in [1.54, 1.807) is 42.1 Å². The molecular weight excluding hydrogens is 332 g/mol. The van der Waals surface area contributed by atoms with E-state index in [9.17, 15) is 14.9 Å². The zero-order chi connectivity index (χ0) is 18.7. The monoisotopic (exact) mass is 352 g/mol. The molecule has 0 aliphatic heterocycles. The second kappa shape index (κ2) is 7.00. The molecule has 0 bridgehead atoms. The van der Waals surface area contributed by atoms with E-state index < -0.39 is 24.0 Å². The fourth-order valence-corrected chi connectivity index (χ4v) is 2.80. The topological polar surface area (TPSA) is 97.0 Å². The van der Waals surface area contributed by atoms with E-state index in [0.29, 0.717) is 5.56 Å². The first-order valence-electron chi connectivity index (χ1n) is 8.43. The highest BCUT2D eigenvalue weighted by atomic mass is 16.5. The number of amides is 1. The third-order valence-electron chi connectivity index (χ3n) is 4.54. The Bertz CT molecular complexity index is 862. The van der Waals surface area contributed by atoms with Gasteiger partial charge in [0.25, 0.3) is 5.91 Å². The number of nitriles is 1. The normalized spacial score (nSPS) is 15.6. The Hall–Kier alpha value is -3.14. The van der Waals surface area contributed by atoms with Gasteiger partial charge in [0.15, 0.2) is 6.61 Å². The molecule has 1 amide bonds. The maximum absolute atomic E-state index is 12.1. The van der Waals surface area contributed by atoms with Crippen molar-refractivity contribution >= 4 is 11.9 Å². The van der Waals surface area contributed by atoms with Crippen LogP contribution in [0.2, 0.25) is 0 Å². The first-order chi connectivity index (χ1) is 12.4. The Balaban J connectivity index is 1.56. The molecule has 1 aliphatic rings. The molecule has 0 radical (unpaired) electrons. The highest BCUT2D eigenvalue weighted by Gasteiger charge is 2.43. The van der Waals surface area contributed by atoms with Crippen molar-refractivity contribution in [2.24, 2.45) is 5.92 Å². The smallest absolute Gasteiger partial charge is 0.338 e. The number of rotatable bonds is 6. The van der Waals surface area contributed by atoms with Gasteiger partial charge in [-0.05, 0) is 62.9 Å². The van der Waals surface area contributed by atoms with Crippen LogP contribution in [0.3, 0.4) is 0 Å². The van der Waals surface area contributed by atoms with Gasteiger partial charge in [0.1, 0.15) is 5.54 Å². The third kappa shape index (κ3) is 3.75. The zero-order valence-corrected chi connectivity index (χ0v) is 14.7. The number of esters is 1. The van der Waals surface area contributed by atoms with E-state index in [-0.39, 0.29) is 5.92 Å². The van der Waals surface area contributed by atoms with Crippen LogP contribution in [-0.4, -0.2) is 33.8 Å². The number of carbonyl (C=O) groups is 2. The van der Waals surface area contributed by atoms with Crippen molar-refractivity contribution in [2.75, 3.05) is 6.61 Å². The van der Waals surface area contributed by atoms with Crippen LogP contribution in [0.4, 0.5) is 0 Å². The Labute approximate surface area is 151 Å². The summed E-state index contributed by atoms with van der Waals surface area (Å²) in [4.78, 5) is 24.1. The van der Waals surface area contributed by atoms with Gasteiger partial charge in [0.05, 0.1) is 17.3 Å². The van der Waals surface area contributed by atoms with Crippen LogP contribution in [0.15, 0.2) is 36.5 Å². The van der Waals surface area contributed by atoms with Crippen molar-refractivity contribution in [1.82, 2.24) is 15.1 Å². The molecule has 7 nitrogen and oxygen atoms in total. The van der Waals surface area contributed by atoms with E-state index in [1.807, 2.05) is 13.0 Å². The van der Waals surface area contributed by atoms with E-state index in [2.05, 4.69) is 16.5 Å². The molecule has 1 fully saturated rings. The van der Waals surface area contributed by atoms with Crippen molar-refractivity contribution in [3.8, 4) is 11.8 Å². The van der Waals surface area contributed by atoms with Gasteiger partial charge in [-0.3, -0.25) is 4.79 Å². The predicted molar refractivity (Wildman–Crippen MR) is 93.5 cm³/mol. The van der Waals surface area contributed by atoms with Gasteiger partial charge in [0.2, 0.25) is 0 Å². The number of aromatic nitrogens is 2. The van der Waals surface area contributed by atoms with Crippen molar-refractivity contribution in [2.45, 2.75) is 32.2 Å². The lowest BCUT2D eigenvalue weighted by molar-refractivity contribution is -0.125. The Morgan fingerprint density at radius 3 is 2.58 bits per heavy atom. The number of aryl methyl sites for hydroxylation is 1. The first kappa shape index (κ1) is 17.7. The number of hydrogen-bond donors (Lipinski definition) is 1. The minimum absolute atomic E-state index is 0.172. The lowest BCUT2D eigenvalue weighted by Crippen LogP contribution is -2.48. The van der Waals surface area contributed by atoms with Crippen LogP contribution >= 0.6 is 0 Å². The van der Waals surface area contributed by atoms with Crippen LogP contribution in [0, 0.1) is 24.2 Å². The number of ether oxygens (including phenoxy) is 1. The Morgan fingerprint density at radius 1 is 1.35 bits per heavy atom. The molecule has 0 spiro atoms. The summed E-state index contributed by atoms with van der Waals surface area (Å²) in [7, 11) is 0. The van der Waals surface area contributed by atoms with E-state index >= 15 is 0 Å². The summed E-state index contributed by atoms with van der Waals surface area (Å²) in [6, 6.07) is 10.8. The van der Waals surface area contributed by atoms with Crippen LogP contribution < -0.4 is 5.32 Å². The molecule has 134 valence electrons. The number of nitrogens with one attached hydrogen (secondary N) is 1. The second-order valence-corrected chi connectivity index (χ2v) is 6.64. The fraction of sp³-hybridized carbons (Fsp3) is 0.368. The average molecular weight is 352 g/mol. The van der Waals surface area contributed by atoms with Crippen molar-refractivity contribution in [3.05, 3.63) is 47.8 Å². The standard InChI is InChI=1S/C19H20N4O3/c1-13-9-10-21-23(13)16-7-3-14(4-8-16)18(25)26-11-17(24)22-19(2,12-20)15-5-6-15/h3-4,7-10,15H,5-6,11H2,1-2H3,(H,22,24)/t19-/m1/s1. The molecule has 1 saturated carbocycles. The van der Waals surface area contributed by atoms with Crippen molar-refractivity contribution in [1.29, 1.82) is 5.26 Å². The minimum atomic E-state index is -0.896. The van der Waals surface area contributed by atoms with E-state index in [4.69, 9.17) is 4.74 Å². The van der Waals surface area contributed by atoms with Gasteiger partial charge in [-0.2, -0.15) is 10.4 Å². The van der Waals surface area contributed by atoms with Gasteiger partial charge in [-0.15, -0.1) is 0 Å². The van der Waals surface area contributed by atoms with Gasteiger partial charge < -0.3 is 10.1 Å². The second-order valence-electron chi connectivity index (χ2n) is 6.64. The molecule has 3 rings (SSSR count). The predicted octanol–water partition coefficient (Wildman–Crippen LogP) is 2.15. The lowest BCUT2D eigenvalue weighted by atomic mass is 9.98. The Morgan fingerprint density at radius 2 is 2.04 bits per heavy atom. The molecule has 1 aliphatic carbocycles. The van der Waals surface area contributed by atoms with E-state index in [0.717, 1.165) is 24.2 Å². The van der Waals surface area contributed by atoms with Crippen LogP contribution in [0.1, 0.15) is 35.8 Å². The number of hydrogen-bond acceptors (Lipinski definition) is 5. The van der Waals surface area contributed by atoms with Crippen LogP contribution in [-0.2, 0) is 9.53 Å². The molecule has 2 aromatic rings. The maximum Gasteiger partial charge on any atom is 0.338 e. The van der Waals surface area contributed by atoms with Crippen molar-refractivity contribution < 1.29 is 14.3 Å².